The molecule has 0 spiro atoms. The number of fused-ring (bicyclic) bond motifs is 1. The summed E-state index contributed by atoms with van der Waals surface area (Å²) in [4.78, 5) is 6.50. The molecule has 3 heteroatoms. The van der Waals surface area contributed by atoms with E-state index in [9.17, 15) is 0 Å². The van der Waals surface area contributed by atoms with Gasteiger partial charge in [-0.25, -0.2) is 4.98 Å². The standard InChI is InChI=1S/C16H26N2S/c1-10-5-4-6-16(17,9-10)15-18-13-8-11(2)7-12(3)14(13)19-15/h10-12H,4-9,17H2,1-3H3. The van der Waals surface area contributed by atoms with Crippen LogP contribution in [0, 0.1) is 11.8 Å². The molecule has 1 heterocycles. The number of hydrogen-bond acceptors (Lipinski definition) is 3. The van der Waals surface area contributed by atoms with Gasteiger partial charge in [-0.2, -0.15) is 0 Å². The third-order valence-electron chi connectivity index (χ3n) is 4.93. The van der Waals surface area contributed by atoms with Gasteiger partial charge in [-0.1, -0.05) is 33.6 Å². The molecule has 0 radical (unpaired) electrons. The first-order valence-electron chi connectivity index (χ1n) is 7.77. The summed E-state index contributed by atoms with van der Waals surface area (Å²) in [5.41, 5.74) is 7.93. The van der Waals surface area contributed by atoms with Crippen LogP contribution in [0.4, 0.5) is 0 Å². The van der Waals surface area contributed by atoms with Crippen LogP contribution in [-0.4, -0.2) is 4.98 Å². The monoisotopic (exact) mass is 278 g/mol. The molecule has 1 saturated carbocycles. The molecule has 1 aromatic heterocycles. The van der Waals surface area contributed by atoms with Crippen molar-refractivity contribution >= 4 is 11.3 Å². The molecule has 2 aliphatic carbocycles. The van der Waals surface area contributed by atoms with Gasteiger partial charge in [-0.3, -0.25) is 0 Å². The first-order valence-corrected chi connectivity index (χ1v) is 8.58. The average Bonchev–Trinajstić information content (AvgIpc) is 2.73. The number of rotatable bonds is 1. The van der Waals surface area contributed by atoms with Gasteiger partial charge in [0, 0.05) is 4.88 Å². The SMILES string of the molecule is CC1Cc2nc(C3(N)CCCC(C)C3)sc2C(C)C1. The van der Waals surface area contributed by atoms with Gasteiger partial charge in [0.15, 0.2) is 0 Å². The third kappa shape index (κ3) is 2.47. The Hall–Kier alpha value is -0.410. The molecule has 19 heavy (non-hydrogen) atoms. The Bertz CT molecular complexity index is 467. The molecular weight excluding hydrogens is 252 g/mol. The number of thiazole rings is 1. The zero-order chi connectivity index (χ0) is 13.6. The van der Waals surface area contributed by atoms with Crippen molar-refractivity contribution in [2.45, 2.75) is 70.8 Å². The highest BCUT2D eigenvalue weighted by atomic mass is 32.1. The van der Waals surface area contributed by atoms with Gasteiger partial charge in [-0.05, 0) is 43.4 Å². The summed E-state index contributed by atoms with van der Waals surface area (Å²) in [6, 6.07) is 0. The fourth-order valence-corrected chi connectivity index (χ4v) is 5.31. The predicted molar refractivity (Wildman–Crippen MR) is 81.5 cm³/mol. The van der Waals surface area contributed by atoms with E-state index in [2.05, 4.69) is 20.8 Å². The first kappa shape index (κ1) is 13.6. The van der Waals surface area contributed by atoms with E-state index >= 15 is 0 Å². The molecule has 4 atom stereocenters. The summed E-state index contributed by atoms with van der Waals surface area (Å²) in [5, 5.41) is 1.23. The van der Waals surface area contributed by atoms with Crippen LogP contribution in [0.15, 0.2) is 0 Å². The van der Waals surface area contributed by atoms with Crippen LogP contribution in [0.25, 0.3) is 0 Å². The Labute approximate surface area is 120 Å². The molecule has 106 valence electrons. The first-order chi connectivity index (χ1) is 8.98. The van der Waals surface area contributed by atoms with Gasteiger partial charge in [0.1, 0.15) is 5.01 Å². The van der Waals surface area contributed by atoms with Crippen LogP contribution in [0.1, 0.15) is 74.4 Å². The normalized spacial score (nSPS) is 39.1. The van der Waals surface area contributed by atoms with E-state index < -0.39 is 0 Å². The van der Waals surface area contributed by atoms with Crippen molar-refractivity contribution in [3.8, 4) is 0 Å². The van der Waals surface area contributed by atoms with Crippen LogP contribution in [0.2, 0.25) is 0 Å². The Balaban J connectivity index is 1.92. The maximum atomic E-state index is 6.71. The van der Waals surface area contributed by atoms with Gasteiger partial charge in [0.05, 0.1) is 11.2 Å². The predicted octanol–water partition coefficient (Wildman–Crippen LogP) is 4.19. The van der Waals surface area contributed by atoms with Crippen LogP contribution < -0.4 is 5.73 Å². The maximum Gasteiger partial charge on any atom is 0.113 e. The minimum atomic E-state index is -0.136. The molecule has 2 aliphatic rings. The topological polar surface area (TPSA) is 38.9 Å². The fourth-order valence-electron chi connectivity index (χ4n) is 4.02. The quantitative estimate of drug-likeness (QED) is 0.836. The number of nitrogens with zero attached hydrogens (tertiary/aromatic N) is 1. The molecular formula is C16H26N2S. The van der Waals surface area contributed by atoms with Crippen molar-refractivity contribution in [2.24, 2.45) is 17.6 Å². The molecule has 2 nitrogen and oxygen atoms in total. The Morgan fingerprint density at radius 3 is 2.79 bits per heavy atom. The Morgan fingerprint density at radius 2 is 2.05 bits per heavy atom. The van der Waals surface area contributed by atoms with Crippen molar-refractivity contribution < 1.29 is 0 Å². The molecule has 0 saturated heterocycles. The van der Waals surface area contributed by atoms with Crippen molar-refractivity contribution in [1.82, 2.24) is 4.98 Å². The van der Waals surface area contributed by atoms with Gasteiger partial charge in [0.25, 0.3) is 0 Å². The summed E-state index contributed by atoms with van der Waals surface area (Å²) in [5.74, 6) is 2.20. The van der Waals surface area contributed by atoms with Crippen molar-refractivity contribution in [1.29, 1.82) is 0 Å². The highest BCUT2D eigenvalue weighted by molar-refractivity contribution is 7.12. The van der Waals surface area contributed by atoms with Crippen LogP contribution in [-0.2, 0) is 12.0 Å². The number of nitrogens with two attached hydrogens (primary N) is 1. The van der Waals surface area contributed by atoms with Crippen molar-refractivity contribution in [3.05, 3.63) is 15.6 Å². The smallest absolute Gasteiger partial charge is 0.113 e. The Morgan fingerprint density at radius 1 is 1.26 bits per heavy atom. The minimum absolute atomic E-state index is 0.136. The minimum Gasteiger partial charge on any atom is -0.319 e. The number of hydrogen-bond donors (Lipinski definition) is 1. The second kappa shape index (κ2) is 4.85. The molecule has 0 aliphatic heterocycles. The van der Waals surface area contributed by atoms with E-state index in [1.54, 1.807) is 0 Å². The van der Waals surface area contributed by atoms with Gasteiger partial charge >= 0.3 is 0 Å². The molecule has 4 unspecified atom stereocenters. The third-order valence-corrected chi connectivity index (χ3v) is 6.48. The highest BCUT2D eigenvalue weighted by Crippen LogP contribution is 2.44. The van der Waals surface area contributed by atoms with Gasteiger partial charge in [0.2, 0.25) is 0 Å². The lowest BCUT2D eigenvalue weighted by atomic mass is 9.77. The summed E-state index contributed by atoms with van der Waals surface area (Å²) in [6.07, 6.45) is 7.28. The van der Waals surface area contributed by atoms with Gasteiger partial charge in [-0.15, -0.1) is 11.3 Å². The lowest BCUT2D eigenvalue weighted by Crippen LogP contribution is -2.40. The van der Waals surface area contributed by atoms with E-state index in [4.69, 9.17) is 10.7 Å². The van der Waals surface area contributed by atoms with Crippen LogP contribution in [0.5, 0.6) is 0 Å². The maximum absolute atomic E-state index is 6.71. The highest BCUT2D eigenvalue weighted by Gasteiger charge is 2.37. The van der Waals surface area contributed by atoms with Crippen LogP contribution in [0.3, 0.4) is 0 Å². The second-order valence-electron chi connectivity index (χ2n) is 7.13. The second-order valence-corrected chi connectivity index (χ2v) is 8.16. The van der Waals surface area contributed by atoms with Crippen molar-refractivity contribution in [2.75, 3.05) is 0 Å². The van der Waals surface area contributed by atoms with E-state index in [-0.39, 0.29) is 5.54 Å². The van der Waals surface area contributed by atoms with E-state index in [1.165, 1.54) is 34.8 Å². The molecule has 1 aromatic rings. The van der Waals surface area contributed by atoms with Crippen molar-refractivity contribution in [3.63, 3.8) is 0 Å². The molecule has 2 N–H and O–H groups in total. The fraction of sp³-hybridized carbons (Fsp3) is 0.812. The summed E-state index contributed by atoms with van der Waals surface area (Å²) >= 11 is 1.92. The summed E-state index contributed by atoms with van der Waals surface area (Å²) in [7, 11) is 0. The zero-order valence-electron chi connectivity index (χ0n) is 12.4. The molecule has 1 fully saturated rings. The largest absolute Gasteiger partial charge is 0.319 e. The van der Waals surface area contributed by atoms with Crippen LogP contribution >= 0.6 is 11.3 Å². The molecule has 0 aromatic carbocycles. The lowest BCUT2D eigenvalue weighted by molar-refractivity contribution is 0.238. The Kier molecular flexibility index (Phi) is 3.46. The molecule has 0 amide bonds. The zero-order valence-corrected chi connectivity index (χ0v) is 13.2. The van der Waals surface area contributed by atoms with E-state index in [0.29, 0.717) is 5.92 Å². The van der Waals surface area contributed by atoms with E-state index in [1.807, 2.05) is 11.3 Å². The van der Waals surface area contributed by atoms with E-state index in [0.717, 1.165) is 31.1 Å². The average molecular weight is 278 g/mol. The number of aromatic nitrogens is 1. The van der Waals surface area contributed by atoms with Gasteiger partial charge < -0.3 is 5.73 Å². The lowest BCUT2D eigenvalue weighted by Gasteiger charge is -2.35. The summed E-state index contributed by atoms with van der Waals surface area (Å²) in [6.45, 7) is 7.03. The molecule has 3 rings (SSSR count). The summed E-state index contributed by atoms with van der Waals surface area (Å²) < 4.78 is 0. The molecule has 0 bridgehead atoms.